The monoisotopic (exact) mass is 197 g/mol. The highest BCUT2D eigenvalue weighted by Gasteiger charge is 2.09. The summed E-state index contributed by atoms with van der Waals surface area (Å²) in [5.41, 5.74) is 3.03. The van der Waals surface area contributed by atoms with Crippen LogP contribution >= 0.6 is 0 Å². The summed E-state index contributed by atoms with van der Waals surface area (Å²) in [5, 5.41) is 6.87. The van der Waals surface area contributed by atoms with Gasteiger partial charge >= 0.3 is 6.09 Å². The van der Waals surface area contributed by atoms with Gasteiger partial charge in [0.1, 0.15) is 0 Å². The van der Waals surface area contributed by atoms with Crippen LogP contribution in [0.5, 0.6) is 0 Å². The smallest absolute Gasteiger partial charge is 0.407 e. The molecule has 0 spiro atoms. The lowest BCUT2D eigenvalue weighted by Gasteiger charge is -2.03. The van der Waals surface area contributed by atoms with E-state index in [-0.39, 0.29) is 0 Å². The average Bonchev–Trinajstić information content (AvgIpc) is 2.39. The molecule has 1 aromatic heterocycles. The lowest BCUT2D eigenvalue weighted by Crippen LogP contribution is -2.22. The Hall–Kier alpha value is -1.52. The molecular weight excluding hydrogens is 182 g/mol. The number of nitrogens with zero attached hydrogens (tertiary/aromatic N) is 2. The zero-order chi connectivity index (χ0) is 10.7. The third-order valence-corrected chi connectivity index (χ3v) is 2.25. The second-order valence-corrected chi connectivity index (χ2v) is 3.12. The Morgan fingerprint density at radius 2 is 2.21 bits per heavy atom. The van der Waals surface area contributed by atoms with Crippen LogP contribution in [0.25, 0.3) is 0 Å². The number of aromatic nitrogens is 2. The van der Waals surface area contributed by atoms with Crippen LogP contribution in [0, 0.1) is 13.8 Å². The molecule has 0 aliphatic carbocycles. The molecule has 0 aliphatic rings. The normalized spacial score (nSPS) is 10.0. The van der Waals surface area contributed by atoms with Gasteiger partial charge in [-0.25, -0.2) is 4.79 Å². The van der Waals surface area contributed by atoms with Crippen molar-refractivity contribution in [3.05, 3.63) is 17.0 Å². The summed E-state index contributed by atoms with van der Waals surface area (Å²) < 4.78 is 6.28. The molecule has 0 bridgehead atoms. The molecular formula is C9H15N3O2. The summed E-state index contributed by atoms with van der Waals surface area (Å²) in [6, 6.07) is 0. The highest BCUT2D eigenvalue weighted by atomic mass is 16.5. The standard InChI is InChI=1S/C9H15N3O2/c1-6-8(5-10-9(13)14-4)7(2)12(3)11-6/h5H2,1-4H3,(H,10,13). The minimum atomic E-state index is -0.423. The lowest BCUT2D eigenvalue weighted by atomic mass is 10.2. The first-order chi connectivity index (χ1) is 6.56. The number of rotatable bonds is 2. The Morgan fingerprint density at radius 1 is 1.57 bits per heavy atom. The van der Waals surface area contributed by atoms with Gasteiger partial charge in [0, 0.05) is 24.8 Å². The van der Waals surface area contributed by atoms with Crippen LogP contribution in [0.15, 0.2) is 0 Å². The number of methoxy groups -OCH3 is 1. The Morgan fingerprint density at radius 3 is 2.64 bits per heavy atom. The van der Waals surface area contributed by atoms with Crippen LogP contribution in [-0.2, 0) is 18.3 Å². The fourth-order valence-electron chi connectivity index (χ4n) is 1.31. The first-order valence-corrected chi connectivity index (χ1v) is 4.37. The molecule has 1 aromatic rings. The largest absolute Gasteiger partial charge is 0.453 e. The van der Waals surface area contributed by atoms with Crippen molar-refractivity contribution in [2.75, 3.05) is 7.11 Å². The third-order valence-electron chi connectivity index (χ3n) is 2.25. The number of aryl methyl sites for hydroxylation is 2. The van der Waals surface area contributed by atoms with E-state index in [1.807, 2.05) is 20.9 Å². The van der Waals surface area contributed by atoms with Crippen LogP contribution in [-0.4, -0.2) is 23.0 Å². The summed E-state index contributed by atoms with van der Waals surface area (Å²) in [4.78, 5) is 10.9. The van der Waals surface area contributed by atoms with Crippen molar-refractivity contribution in [3.8, 4) is 0 Å². The summed E-state index contributed by atoms with van der Waals surface area (Å²) in [5.74, 6) is 0. The van der Waals surface area contributed by atoms with Gasteiger partial charge in [-0.3, -0.25) is 4.68 Å². The van der Waals surface area contributed by atoms with Crippen molar-refractivity contribution in [1.29, 1.82) is 0 Å². The maximum atomic E-state index is 10.9. The van der Waals surface area contributed by atoms with Crippen LogP contribution in [0.3, 0.4) is 0 Å². The van der Waals surface area contributed by atoms with Gasteiger partial charge in [0.15, 0.2) is 0 Å². The molecule has 0 atom stereocenters. The Labute approximate surface area is 83.1 Å². The van der Waals surface area contributed by atoms with Crippen molar-refractivity contribution < 1.29 is 9.53 Å². The maximum Gasteiger partial charge on any atom is 0.407 e. The van der Waals surface area contributed by atoms with E-state index >= 15 is 0 Å². The van der Waals surface area contributed by atoms with Crippen LogP contribution in [0.2, 0.25) is 0 Å². The molecule has 0 aromatic carbocycles. The molecule has 78 valence electrons. The van der Waals surface area contributed by atoms with Gasteiger partial charge in [-0.05, 0) is 13.8 Å². The van der Waals surface area contributed by atoms with E-state index in [1.165, 1.54) is 7.11 Å². The van der Waals surface area contributed by atoms with E-state index in [0.717, 1.165) is 17.0 Å². The van der Waals surface area contributed by atoms with Gasteiger partial charge in [0.25, 0.3) is 0 Å². The van der Waals surface area contributed by atoms with Crippen molar-refractivity contribution in [3.63, 3.8) is 0 Å². The second-order valence-electron chi connectivity index (χ2n) is 3.12. The number of amides is 1. The predicted octanol–water partition coefficient (Wildman–Crippen LogP) is 0.893. The lowest BCUT2D eigenvalue weighted by molar-refractivity contribution is 0.170. The van der Waals surface area contributed by atoms with Crippen molar-refractivity contribution in [2.45, 2.75) is 20.4 Å². The molecule has 0 aliphatic heterocycles. The molecule has 0 saturated carbocycles. The summed E-state index contributed by atoms with van der Waals surface area (Å²) >= 11 is 0. The van der Waals surface area contributed by atoms with E-state index in [0.29, 0.717) is 6.54 Å². The number of nitrogens with one attached hydrogen (secondary N) is 1. The van der Waals surface area contributed by atoms with Crippen LogP contribution in [0.4, 0.5) is 4.79 Å². The fraction of sp³-hybridized carbons (Fsp3) is 0.556. The summed E-state index contributed by atoms with van der Waals surface area (Å²) in [7, 11) is 3.22. The Balaban J connectivity index is 2.71. The molecule has 0 radical (unpaired) electrons. The fourth-order valence-corrected chi connectivity index (χ4v) is 1.31. The molecule has 5 nitrogen and oxygen atoms in total. The van der Waals surface area contributed by atoms with Gasteiger partial charge in [-0.1, -0.05) is 0 Å². The number of alkyl carbamates (subject to hydrolysis) is 1. The molecule has 1 N–H and O–H groups in total. The molecule has 0 fully saturated rings. The minimum Gasteiger partial charge on any atom is -0.453 e. The topological polar surface area (TPSA) is 56.1 Å². The number of carbonyl (C=O) groups is 1. The number of hydrogen-bond donors (Lipinski definition) is 1. The van der Waals surface area contributed by atoms with E-state index in [1.54, 1.807) is 4.68 Å². The Bertz CT molecular complexity index is 344. The zero-order valence-electron chi connectivity index (χ0n) is 8.92. The van der Waals surface area contributed by atoms with Crippen molar-refractivity contribution in [2.24, 2.45) is 7.05 Å². The SMILES string of the molecule is COC(=O)NCc1c(C)nn(C)c1C. The van der Waals surface area contributed by atoms with Crippen molar-refractivity contribution >= 4 is 6.09 Å². The van der Waals surface area contributed by atoms with Gasteiger partial charge in [0.2, 0.25) is 0 Å². The van der Waals surface area contributed by atoms with Gasteiger partial charge in [-0.15, -0.1) is 0 Å². The van der Waals surface area contributed by atoms with Crippen LogP contribution in [0.1, 0.15) is 17.0 Å². The van der Waals surface area contributed by atoms with E-state index < -0.39 is 6.09 Å². The molecule has 0 saturated heterocycles. The average molecular weight is 197 g/mol. The summed E-state index contributed by atoms with van der Waals surface area (Å²) in [6.07, 6.45) is -0.423. The number of ether oxygens (including phenoxy) is 1. The molecule has 0 unspecified atom stereocenters. The minimum absolute atomic E-state index is 0.423. The Kier molecular flexibility index (Phi) is 3.11. The van der Waals surface area contributed by atoms with E-state index in [4.69, 9.17) is 0 Å². The molecule has 5 heteroatoms. The maximum absolute atomic E-state index is 10.9. The third kappa shape index (κ3) is 2.04. The quantitative estimate of drug-likeness (QED) is 0.766. The number of carbonyl (C=O) groups excluding carboxylic acids is 1. The van der Waals surface area contributed by atoms with E-state index in [2.05, 4.69) is 15.2 Å². The predicted molar refractivity (Wildman–Crippen MR) is 51.9 cm³/mol. The molecule has 1 heterocycles. The van der Waals surface area contributed by atoms with E-state index in [9.17, 15) is 4.79 Å². The van der Waals surface area contributed by atoms with Gasteiger partial charge in [0.05, 0.1) is 12.8 Å². The molecule has 1 amide bonds. The summed E-state index contributed by atoms with van der Waals surface area (Å²) in [6.45, 7) is 4.34. The van der Waals surface area contributed by atoms with Gasteiger partial charge < -0.3 is 10.1 Å². The zero-order valence-corrected chi connectivity index (χ0v) is 8.92. The van der Waals surface area contributed by atoms with Crippen LogP contribution < -0.4 is 5.32 Å². The molecule has 14 heavy (non-hydrogen) atoms. The highest BCUT2D eigenvalue weighted by molar-refractivity contribution is 5.66. The second kappa shape index (κ2) is 4.13. The van der Waals surface area contributed by atoms with Gasteiger partial charge in [-0.2, -0.15) is 5.10 Å². The first kappa shape index (κ1) is 10.6. The first-order valence-electron chi connectivity index (χ1n) is 4.37. The number of hydrogen-bond acceptors (Lipinski definition) is 3. The highest BCUT2D eigenvalue weighted by Crippen LogP contribution is 2.10. The van der Waals surface area contributed by atoms with Crippen molar-refractivity contribution in [1.82, 2.24) is 15.1 Å². The molecule has 1 rings (SSSR count).